The van der Waals surface area contributed by atoms with Crippen LogP contribution < -0.4 is 9.64 Å². The largest absolute Gasteiger partial charge is 0.507 e. The Kier molecular flexibility index (Phi) is 11.3. The van der Waals surface area contributed by atoms with Crippen molar-refractivity contribution < 1.29 is 56.0 Å². The zero-order chi connectivity index (χ0) is 38.1. The van der Waals surface area contributed by atoms with Crippen LogP contribution in [0.2, 0.25) is 0 Å². The number of aryl methyl sites for hydroxylation is 2. The first-order valence-corrected chi connectivity index (χ1v) is 16.8. The lowest BCUT2D eigenvalue weighted by Gasteiger charge is -2.36. The molecule has 2 amide bonds. The Labute approximate surface area is 296 Å². The van der Waals surface area contributed by atoms with Crippen molar-refractivity contribution in [2.24, 2.45) is 17.8 Å². The van der Waals surface area contributed by atoms with Gasteiger partial charge < -0.3 is 20.1 Å². The maximum atomic E-state index is 14.0. The quantitative estimate of drug-likeness (QED) is 0.104. The zero-order valence-corrected chi connectivity index (χ0v) is 28.7. The Morgan fingerprint density at radius 1 is 0.942 bits per heavy atom. The van der Waals surface area contributed by atoms with Gasteiger partial charge in [0.05, 0.1) is 41.4 Å². The number of hydrogen-bond donors (Lipinski definition) is 3. The summed E-state index contributed by atoms with van der Waals surface area (Å²) in [7, 11) is 0. The number of phenolic OH excluding ortho intramolecular Hbond substituents is 1. The average Bonchev–Trinajstić information content (AvgIpc) is 3.34. The fourth-order valence-corrected chi connectivity index (χ4v) is 7.24. The van der Waals surface area contributed by atoms with Crippen LogP contribution in [-0.2, 0) is 21.9 Å². The minimum absolute atomic E-state index is 0.0872. The molecule has 0 aromatic heterocycles. The molecule has 1 heterocycles. The summed E-state index contributed by atoms with van der Waals surface area (Å²) < 4.78 is 88.3. The highest BCUT2D eigenvalue weighted by Gasteiger charge is 2.56. The van der Waals surface area contributed by atoms with E-state index >= 15 is 0 Å². The molecule has 5 rings (SSSR count). The molecule has 278 valence electrons. The Morgan fingerprint density at radius 3 is 2.08 bits per heavy atom. The molecule has 0 radical (unpaired) electrons. The second kappa shape index (κ2) is 15.2. The Bertz CT molecular complexity index is 1830. The molecule has 1 fully saturated rings. The molecular weight excluding hydrogens is 692 g/mol. The van der Waals surface area contributed by atoms with Crippen LogP contribution in [0.3, 0.4) is 0 Å². The summed E-state index contributed by atoms with van der Waals surface area (Å²) in [5.41, 5.74) is -0.425. The van der Waals surface area contributed by atoms with Crippen LogP contribution in [0.5, 0.6) is 11.5 Å². The van der Waals surface area contributed by atoms with Crippen molar-refractivity contribution in [1.29, 1.82) is 0 Å². The van der Waals surface area contributed by atoms with Gasteiger partial charge in [0.2, 0.25) is 11.8 Å². The number of rotatable bonds is 11. The van der Waals surface area contributed by atoms with E-state index in [1.165, 1.54) is 0 Å². The van der Waals surface area contributed by atoms with E-state index in [1.807, 2.05) is 25.1 Å². The molecule has 3 N–H and O–H groups in total. The van der Waals surface area contributed by atoms with Crippen molar-refractivity contribution in [3.63, 3.8) is 0 Å². The molecule has 0 saturated carbocycles. The first-order valence-electron chi connectivity index (χ1n) is 16.8. The molecule has 1 aliphatic carbocycles. The first-order chi connectivity index (χ1) is 24.4. The summed E-state index contributed by atoms with van der Waals surface area (Å²) >= 11 is 0. The van der Waals surface area contributed by atoms with E-state index in [0.717, 1.165) is 11.1 Å². The molecule has 0 unspecified atom stereocenters. The van der Waals surface area contributed by atoms with Gasteiger partial charge in [-0.05, 0) is 110 Å². The lowest BCUT2D eigenvalue weighted by molar-refractivity contribution is -0.143. The van der Waals surface area contributed by atoms with Crippen molar-refractivity contribution in [2.75, 3.05) is 18.1 Å². The summed E-state index contributed by atoms with van der Waals surface area (Å²) in [5.74, 6) is -5.23. The number of carbonyl (C=O) groups is 2. The van der Waals surface area contributed by atoms with Gasteiger partial charge >= 0.3 is 12.4 Å². The van der Waals surface area contributed by atoms with Gasteiger partial charge in [-0.15, -0.1) is 0 Å². The summed E-state index contributed by atoms with van der Waals surface area (Å²) in [4.78, 5) is 28.1. The molecule has 2 aliphatic rings. The van der Waals surface area contributed by atoms with Gasteiger partial charge in [-0.1, -0.05) is 36.8 Å². The highest BCUT2D eigenvalue weighted by atomic mass is 19.4. The first kappa shape index (κ1) is 38.6. The van der Waals surface area contributed by atoms with Crippen molar-refractivity contribution >= 4 is 23.6 Å². The predicted octanol–water partition coefficient (Wildman–Crippen LogP) is 8.17. The van der Waals surface area contributed by atoms with E-state index < -0.39 is 71.4 Å². The van der Waals surface area contributed by atoms with Crippen LogP contribution in [0.1, 0.15) is 60.4 Å². The van der Waals surface area contributed by atoms with Crippen LogP contribution >= 0.6 is 0 Å². The lowest BCUT2D eigenvalue weighted by Crippen LogP contribution is -2.40. The molecule has 3 aromatic rings. The van der Waals surface area contributed by atoms with Crippen LogP contribution in [0.4, 0.5) is 32.0 Å². The van der Waals surface area contributed by atoms with E-state index in [1.54, 1.807) is 44.2 Å². The fourth-order valence-electron chi connectivity index (χ4n) is 7.24. The third-order valence-electron chi connectivity index (χ3n) is 9.80. The number of aliphatic hydroxyl groups excluding tert-OH is 2. The minimum atomic E-state index is -5.21. The van der Waals surface area contributed by atoms with E-state index in [4.69, 9.17) is 4.74 Å². The van der Waals surface area contributed by atoms with Crippen molar-refractivity contribution in [3.05, 3.63) is 105 Å². The molecule has 4 atom stereocenters. The zero-order valence-electron chi connectivity index (χ0n) is 28.7. The lowest BCUT2D eigenvalue weighted by atomic mass is 9.68. The molecule has 1 saturated heterocycles. The smallest absolute Gasteiger partial charge is 0.416 e. The van der Waals surface area contributed by atoms with Crippen LogP contribution in [-0.4, -0.2) is 46.5 Å². The number of ether oxygens (including phenoxy) is 1. The number of allylic oxidation sites excluding steroid dienone is 1. The number of aliphatic hydroxyl groups is 2. The van der Waals surface area contributed by atoms with Gasteiger partial charge in [0.25, 0.3) is 0 Å². The summed E-state index contributed by atoms with van der Waals surface area (Å²) in [6, 6.07) is 12.8. The van der Waals surface area contributed by atoms with Gasteiger partial charge in [0.1, 0.15) is 18.1 Å². The van der Waals surface area contributed by atoms with E-state index in [-0.39, 0.29) is 36.8 Å². The number of alkyl halides is 6. The summed E-state index contributed by atoms with van der Waals surface area (Å²) in [6.45, 7) is 4.60. The number of imide groups is 1. The molecule has 0 bridgehead atoms. The molecule has 3 aromatic carbocycles. The normalized spacial score (nSPS) is 20.4. The Morgan fingerprint density at radius 2 is 1.54 bits per heavy atom. The molecule has 13 heteroatoms. The maximum Gasteiger partial charge on any atom is 0.416 e. The molecular formula is C39H39F6NO6. The van der Waals surface area contributed by atoms with Crippen molar-refractivity contribution in [2.45, 2.75) is 64.9 Å². The number of benzene rings is 3. The Balaban J connectivity index is 1.51. The second-order valence-electron chi connectivity index (χ2n) is 13.3. The number of nitrogens with zero attached hydrogens (tertiary/aromatic N) is 1. The fraction of sp³-hybridized carbons (Fsp3) is 0.385. The number of anilines is 1. The van der Waals surface area contributed by atoms with Gasteiger partial charge in [-0.25, -0.2) is 4.90 Å². The number of amides is 2. The van der Waals surface area contributed by atoms with E-state index in [2.05, 4.69) is 0 Å². The number of fused-ring (bicyclic) bond motifs is 1. The highest BCUT2D eigenvalue weighted by molar-refractivity contribution is 6.22. The Hall–Kier alpha value is -4.62. The number of halogens is 6. The second-order valence-corrected chi connectivity index (χ2v) is 13.3. The standard InChI is InChI=1S/C39H39F6NO6/c1-4-23(14-24-12-21(2)35(49)22(3)13-24)10-11-32(48)33-25(20-52-29-8-6-5-7-9-29)15-30-34(31(33)19-47)37(51)46(36(30)50)28-17-26(38(40,41)42)16-27(18-28)39(43,44)45/h5-9,12-14,16-18,30-32,34,47-49H,4,10-11,15,19-20H2,1-3H3/b23-14+/t30-,31+,32-,34-/m1/s1. The van der Waals surface area contributed by atoms with Gasteiger partial charge in [-0.3, -0.25) is 9.59 Å². The number of carbonyl (C=O) groups excluding carboxylic acids is 2. The summed E-state index contributed by atoms with van der Waals surface area (Å²) in [5, 5.41) is 32.6. The highest BCUT2D eigenvalue weighted by Crippen LogP contribution is 2.49. The number of para-hydroxylation sites is 1. The molecule has 1 aliphatic heterocycles. The topological polar surface area (TPSA) is 107 Å². The third-order valence-corrected chi connectivity index (χ3v) is 9.80. The number of hydrogen-bond acceptors (Lipinski definition) is 6. The molecule has 52 heavy (non-hydrogen) atoms. The van der Waals surface area contributed by atoms with Crippen LogP contribution in [0.25, 0.3) is 6.08 Å². The molecule has 7 nitrogen and oxygen atoms in total. The van der Waals surface area contributed by atoms with Crippen LogP contribution in [0.15, 0.2) is 77.4 Å². The number of phenols is 1. The molecule has 0 spiro atoms. The van der Waals surface area contributed by atoms with E-state index in [0.29, 0.717) is 52.3 Å². The minimum Gasteiger partial charge on any atom is -0.507 e. The predicted molar refractivity (Wildman–Crippen MR) is 181 cm³/mol. The third kappa shape index (κ3) is 8.05. The summed E-state index contributed by atoms with van der Waals surface area (Å²) in [6.07, 6.45) is -8.81. The average molecular weight is 732 g/mol. The van der Waals surface area contributed by atoms with Crippen LogP contribution in [0, 0.1) is 31.6 Å². The van der Waals surface area contributed by atoms with Gasteiger partial charge in [0, 0.05) is 5.92 Å². The van der Waals surface area contributed by atoms with Gasteiger partial charge in [-0.2, -0.15) is 26.3 Å². The SMILES string of the molecule is CC/C(=C\c1cc(C)c(O)c(C)c1)CC[C@@H](O)C1=C(COc2ccccc2)C[C@H]2C(=O)N(c3cc(C(F)(F)F)cc(C(F)(F)F)c3)C(=O)[C@H]2[C@H]1CO. The van der Waals surface area contributed by atoms with Crippen molar-refractivity contribution in [1.82, 2.24) is 0 Å². The maximum absolute atomic E-state index is 14.0. The number of aromatic hydroxyl groups is 1. The van der Waals surface area contributed by atoms with Crippen molar-refractivity contribution in [3.8, 4) is 11.5 Å². The van der Waals surface area contributed by atoms with Gasteiger partial charge in [0.15, 0.2) is 0 Å². The monoisotopic (exact) mass is 731 g/mol. The van der Waals surface area contributed by atoms with E-state index in [9.17, 15) is 51.3 Å².